The smallest absolute Gasteiger partial charge is 0.225 e. The Labute approximate surface area is 156 Å². The van der Waals surface area contributed by atoms with Gasteiger partial charge in [-0.1, -0.05) is 0 Å². The number of hydrogen-bond acceptors (Lipinski definition) is 5. The monoisotopic (exact) mass is 384 g/mol. The van der Waals surface area contributed by atoms with E-state index in [-0.39, 0.29) is 48.6 Å². The van der Waals surface area contributed by atoms with Crippen molar-refractivity contribution in [3.8, 4) is 0 Å². The first-order chi connectivity index (χ1) is 10.6. The van der Waals surface area contributed by atoms with Gasteiger partial charge in [0.25, 0.3) is 0 Å². The van der Waals surface area contributed by atoms with E-state index in [0.29, 0.717) is 26.1 Å². The summed E-state index contributed by atoms with van der Waals surface area (Å²) < 4.78 is 5.32. The largest absolute Gasteiger partial charge is 0.379 e. The number of likely N-dealkylation sites (N-methyl/N-ethyl adjacent to an activating group) is 1. The molecule has 0 bridgehead atoms. The fraction of sp³-hybridized carbons (Fsp3) is 0.867. The maximum Gasteiger partial charge on any atom is 0.225 e. The van der Waals surface area contributed by atoms with Crippen LogP contribution in [-0.2, 0) is 14.3 Å². The molecule has 2 heterocycles. The number of amides is 2. The third-order valence-electron chi connectivity index (χ3n) is 4.45. The Hall–Kier alpha value is -0.600. The van der Waals surface area contributed by atoms with Crippen LogP contribution in [-0.4, -0.2) is 87.2 Å². The first-order valence-electron chi connectivity index (χ1n) is 8.13. The van der Waals surface area contributed by atoms with E-state index in [9.17, 15) is 9.59 Å². The fourth-order valence-corrected chi connectivity index (χ4v) is 2.75. The van der Waals surface area contributed by atoms with E-state index >= 15 is 0 Å². The Bertz CT molecular complexity index is 395. The molecule has 9 heteroatoms. The number of hydrogen-bond donors (Lipinski definition) is 2. The standard InChI is InChI=1S/C15H28N4O3.2ClH/c1-12(16-2)10-17-15(21)13-9-14(20)19(11-13)4-3-18-5-7-22-8-6-18;;/h12-13,16H,3-11H2,1-2H3,(H,17,21);2*1H. The van der Waals surface area contributed by atoms with Crippen molar-refractivity contribution < 1.29 is 14.3 Å². The van der Waals surface area contributed by atoms with Gasteiger partial charge in [-0.05, 0) is 14.0 Å². The lowest BCUT2D eigenvalue weighted by atomic mass is 10.1. The van der Waals surface area contributed by atoms with Crippen LogP contribution in [0.2, 0.25) is 0 Å². The summed E-state index contributed by atoms with van der Waals surface area (Å²) >= 11 is 0. The second kappa shape index (κ2) is 11.9. The van der Waals surface area contributed by atoms with Crippen molar-refractivity contribution in [1.29, 1.82) is 0 Å². The lowest BCUT2D eigenvalue weighted by Gasteiger charge is -2.28. The molecule has 0 saturated carbocycles. The molecular formula is C15H30Cl2N4O3. The van der Waals surface area contributed by atoms with Gasteiger partial charge in [0, 0.05) is 51.7 Å². The van der Waals surface area contributed by atoms with Crippen LogP contribution >= 0.6 is 24.8 Å². The molecule has 2 aliphatic rings. The van der Waals surface area contributed by atoms with E-state index in [1.807, 2.05) is 18.9 Å². The van der Waals surface area contributed by atoms with Gasteiger partial charge in [-0.15, -0.1) is 24.8 Å². The molecule has 2 saturated heterocycles. The summed E-state index contributed by atoms with van der Waals surface area (Å²) in [6, 6.07) is 0.235. The van der Waals surface area contributed by atoms with Crippen molar-refractivity contribution >= 4 is 36.6 Å². The van der Waals surface area contributed by atoms with Gasteiger partial charge in [0.1, 0.15) is 0 Å². The Kier molecular flexibility index (Phi) is 11.6. The lowest BCUT2D eigenvalue weighted by molar-refractivity contribution is -0.129. The Morgan fingerprint density at radius 2 is 1.96 bits per heavy atom. The minimum Gasteiger partial charge on any atom is -0.379 e. The van der Waals surface area contributed by atoms with Crippen LogP contribution in [0.5, 0.6) is 0 Å². The number of likely N-dealkylation sites (tertiary alicyclic amines) is 1. The molecule has 0 aromatic carbocycles. The van der Waals surface area contributed by atoms with E-state index in [1.54, 1.807) is 0 Å². The molecule has 2 N–H and O–H groups in total. The normalized spacial score (nSPS) is 22.5. The molecule has 0 aliphatic carbocycles. The molecule has 0 spiro atoms. The van der Waals surface area contributed by atoms with Crippen LogP contribution in [0.4, 0.5) is 0 Å². The highest BCUT2D eigenvalue weighted by Gasteiger charge is 2.34. The second-order valence-electron chi connectivity index (χ2n) is 6.13. The van der Waals surface area contributed by atoms with Crippen LogP contribution < -0.4 is 10.6 Å². The summed E-state index contributed by atoms with van der Waals surface area (Å²) in [5.74, 6) is -0.124. The minimum absolute atomic E-state index is 0. The predicted octanol–water partition coefficient (Wildman–Crippen LogP) is -0.265. The lowest BCUT2D eigenvalue weighted by Crippen LogP contribution is -2.42. The molecule has 2 unspecified atom stereocenters. The maximum atomic E-state index is 12.1. The van der Waals surface area contributed by atoms with Crippen molar-refractivity contribution in [3.05, 3.63) is 0 Å². The van der Waals surface area contributed by atoms with Crippen LogP contribution in [0, 0.1) is 5.92 Å². The summed E-state index contributed by atoms with van der Waals surface area (Å²) in [6.45, 7) is 8.09. The van der Waals surface area contributed by atoms with Crippen molar-refractivity contribution in [3.63, 3.8) is 0 Å². The van der Waals surface area contributed by atoms with E-state index in [2.05, 4.69) is 15.5 Å². The molecule has 2 fully saturated rings. The Morgan fingerprint density at radius 1 is 1.29 bits per heavy atom. The number of halogens is 2. The molecule has 2 aliphatic heterocycles. The van der Waals surface area contributed by atoms with Crippen molar-refractivity contribution in [2.75, 3.05) is 59.5 Å². The molecule has 2 atom stereocenters. The summed E-state index contributed by atoms with van der Waals surface area (Å²) in [7, 11) is 1.86. The average Bonchev–Trinajstić information content (AvgIpc) is 2.92. The quantitative estimate of drug-likeness (QED) is 0.632. The van der Waals surface area contributed by atoms with E-state index in [4.69, 9.17) is 4.74 Å². The SMILES string of the molecule is CNC(C)CNC(=O)C1CC(=O)N(CCN2CCOCC2)C1.Cl.Cl. The Balaban J connectivity index is 0.00000264. The van der Waals surface area contributed by atoms with Crippen LogP contribution in [0.3, 0.4) is 0 Å². The Morgan fingerprint density at radius 3 is 2.58 bits per heavy atom. The molecule has 7 nitrogen and oxygen atoms in total. The number of nitrogens with zero attached hydrogens (tertiary/aromatic N) is 2. The number of carbonyl (C=O) groups excluding carboxylic acids is 2. The number of nitrogens with one attached hydrogen (secondary N) is 2. The van der Waals surface area contributed by atoms with E-state index < -0.39 is 0 Å². The molecule has 142 valence electrons. The zero-order valence-corrected chi connectivity index (χ0v) is 16.1. The summed E-state index contributed by atoms with van der Waals surface area (Å²) in [4.78, 5) is 28.3. The predicted molar refractivity (Wildman–Crippen MR) is 98.0 cm³/mol. The fourth-order valence-electron chi connectivity index (χ4n) is 2.75. The minimum atomic E-state index is -0.207. The molecule has 24 heavy (non-hydrogen) atoms. The molecular weight excluding hydrogens is 355 g/mol. The third-order valence-corrected chi connectivity index (χ3v) is 4.45. The number of carbonyl (C=O) groups is 2. The maximum absolute atomic E-state index is 12.1. The zero-order chi connectivity index (χ0) is 15.9. The molecule has 2 rings (SSSR count). The van der Waals surface area contributed by atoms with Gasteiger partial charge < -0.3 is 20.3 Å². The van der Waals surface area contributed by atoms with Gasteiger partial charge in [-0.3, -0.25) is 14.5 Å². The van der Waals surface area contributed by atoms with Crippen LogP contribution in [0.1, 0.15) is 13.3 Å². The van der Waals surface area contributed by atoms with E-state index in [0.717, 1.165) is 32.8 Å². The van der Waals surface area contributed by atoms with Gasteiger partial charge in [0.05, 0.1) is 19.1 Å². The highest BCUT2D eigenvalue weighted by molar-refractivity contribution is 5.89. The molecule has 2 amide bonds. The molecule has 0 aromatic heterocycles. The second-order valence-corrected chi connectivity index (χ2v) is 6.13. The number of morpholine rings is 1. The third kappa shape index (κ3) is 7.11. The first-order valence-corrected chi connectivity index (χ1v) is 8.13. The molecule has 0 radical (unpaired) electrons. The highest BCUT2D eigenvalue weighted by Crippen LogP contribution is 2.17. The van der Waals surface area contributed by atoms with Crippen molar-refractivity contribution in [1.82, 2.24) is 20.4 Å². The topological polar surface area (TPSA) is 73.9 Å². The van der Waals surface area contributed by atoms with E-state index in [1.165, 1.54) is 0 Å². The first kappa shape index (κ1) is 23.4. The number of ether oxygens (including phenoxy) is 1. The highest BCUT2D eigenvalue weighted by atomic mass is 35.5. The summed E-state index contributed by atoms with van der Waals surface area (Å²) in [5.41, 5.74) is 0. The molecule has 0 aromatic rings. The van der Waals surface area contributed by atoms with Gasteiger partial charge >= 0.3 is 0 Å². The summed E-state index contributed by atoms with van der Waals surface area (Å²) in [6.07, 6.45) is 0.336. The average molecular weight is 385 g/mol. The van der Waals surface area contributed by atoms with Gasteiger partial charge in [-0.2, -0.15) is 0 Å². The van der Waals surface area contributed by atoms with Gasteiger partial charge in [0.2, 0.25) is 11.8 Å². The van der Waals surface area contributed by atoms with Crippen LogP contribution in [0.25, 0.3) is 0 Å². The van der Waals surface area contributed by atoms with Gasteiger partial charge in [-0.25, -0.2) is 0 Å². The van der Waals surface area contributed by atoms with Gasteiger partial charge in [0.15, 0.2) is 0 Å². The summed E-state index contributed by atoms with van der Waals surface area (Å²) in [5, 5.41) is 5.99. The van der Waals surface area contributed by atoms with Crippen molar-refractivity contribution in [2.45, 2.75) is 19.4 Å². The van der Waals surface area contributed by atoms with Crippen molar-refractivity contribution in [2.24, 2.45) is 5.92 Å². The zero-order valence-electron chi connectivity index (χ0n) is 14.5. The van der Waals surface area contributed by atoms with Crippen LogP contribution in [0.15, 0.2) is 0 Å². The number of rotatable bonds is 7.